The molecule has 12 heavy (non-hydrogen) atoms. The lowest BCUT2D eigenvalue weighted by Gasteiger charge is -2.31. The van der Waals surface area contributed by atoms with Crippen molar-refractivity contribution in [3.63, 3.8) is 0 Å². The van der Waals surface area contributed by atoms with Gasteiger partial charge in [0.15, 0.2) is 6.29 Å². The molecule has 0 aliphatic carbocycles. The van der Waals surface area contributed by atoms with E-state index in [2.05, 4.69) is 0 Å². The van der Waals surface area contributed by atoms with Crippen molar-refractivity contribution in [2.75, 3.05) is 19.8 Å². The van der Waals surface area contributed by atoms with Crippen LogP contribution in [0.3, 0.4) is 0 Å². The molecule has 0 N–H and O–H groups in total. The van der Waals surface area contributed by atoms with Crippen molar-refractivity contribution in [2.45, 2.75) is 31.8 Å². The van der Waals surface area contributed by atoms with Crippen molar-refractivity contribution in [2.24, 2.45) is 0 Å². The minimum atomic E-state index is -0.631. The quantitative estimate of drug-likeness (QED) is 0.597. The standard InChI is InChI=1S/C9H16O3/c1-2-5-12-9(7-10)4-3-6-11-8-9/h7H,2-6,8H2,1H3. The smallest absolute Gasteiger partial charge is 0.154 e. The van der Waals surface area contributed by atoms with Crippen LogP contribution in [0.1, 0.15) is 26.2 Å². The number of hydrogen-bond donors (Lipinski definition) is 0. The summed E-state index contributed by atoms with van der Waals surface area (Å²) in [7, 11) is 0. The molecule has 1 saturated heterocycles. The van der Waals surface area contributed by atoms with Gasteiger partial charge in [-0.1, -0.05) is 6.92 Å². The second-order valence-electron chi connectivity index (χ2n) is 3.19. The zero-order valence-corrected chi connectivity index (χ0v) is 7.54. The van der Waals surface area contributed by atoms with Crippen LogP contribution >= 0.6 is 0 Å². The van der Waals surface area contributed by atoms with Crippen molar-refractivity contribution in [1.82, 2.24) is 0 Å². The Kier molecular flexibility index (Phi) is 3.69. The molecule has 0 bridgehead atoms. The fourth-order valence-electron chi connectivity index (χ4n) is 1.34. The van der Waals surface area contributed by atoms with E-state index in [1.807, 2.05) is 6.92 Å². The second-order valence-corrected chi connectivity index (χ2v) is 3.19. The Morgan fingerprint density at radius 1 is 1.67 bits per heavy atom. The molecule has 0 radical (unpaired) electrons. The molecule has 1 atom stereocenters. The summed E-state index contributed by atoms with van der Waals surface area (Å²) in [4.78, 5) is 10.8. The number of hydrogen-bond acceptors (Lipinski definition) is 3. The SMILES string of the molecule is CCCOC1(C=O)CCCOC1. The molecule has 1 heterocycles. The second kappa shape index (κ2) is 4.58. The summed E-state index contributed by atoms with van der Waals surface area (Å²) in [6.45, 7) is 3.85. The summed E-state index contributed by atoms with van der Waals surface area (Å²) < 4.78 is 10.7. The van der Waals surface area contributed by atoms with Crippen LogP contribution in [0.25, 0.3) is 0 Å². The number of ether oxygens (including phenoxy) is 2. The molecule has 3 heteroatoms. The summed E-state index contributed by atoms with van der Waals surface area (Å²) in [5.74, 6) is 0. The lowest BCUT2D eigenvalue weighted by atomic mass is 9.98. The minimum Gasteiger partial charge on any atom is -0.378 e. The van der Waals surface area contributed by atoms with Gasteiger partial charge in [-0.25, -0.2) is 0 Å². The molecule has 1 aliphatic rings. The third-order valence-corrected chi connectivity index (χ3v) is 2.04. The van der Waals surface area contributed by atoms with E-state index in [1.54, 1.807) is 0 Å². The fourth-order valence-corrected chi connectivity index (χ4v) is 1.34. The highest BCUT2D eigenvalue weighted by molar-refractivity contribution is 5.62. The van der Waals surface area contributed by atoms with E-state index in [-0.39, 0.29) is 0 Å². The predicted molar refractivity (Wildman–Crippen MR) is 45.1 cm³/mol. The molecule has 1 aliphatic heterocycles. The summed E-state index contributed by atoms with van der Waals surface area (Å²) in [5.41, 5.74) is -0.631. The number of rotatable bonds is 4. The van der Waals surface area contributed by atoms with Crippen molar-refractivity contribution in [3.8, 4) is 0 Å². The fraction of sp³-hybridized carbons (Fsp3) is 0.889. The summed E-state index contributed by atoms with van der Waals surface area (Å²) in [6.07, 6.45) is 3.55. The molecule has 0 aromatic rings. The highest BCUT2D eigenvalue weighted by Crippen LogP contribution is 2.21. The first-order valence-electron chi connectivity index (χ1n) is 4.51. The summed E-state index contributed by atoms with van der Waals surface area (Å²) >= 11 is 0. The van der Waals surface area contributed by atoms with Crippen LogP contribution in [0, 0.1) is 0 Å². The average Bonchev–Trinajstić information content (AvgIpc) is 2.16. The van der Waals surface area contributed by atoms with E-state index >= 15 is 0 Å². The van der Waals surface area contributed by atoms with E-state index < -0.39 is 5.60 Å². The van der Waals surface area contributed by atoms with Gasteiger partial charge in [-0.15, -0.1) is 0 Å². The lowest BCUT2D eigenvalue weighted by Crippen LogP contribution is -2.43. The van der Waals surface area contributed by atoms with E-state index in [1.165, 1.54) is 0 Å². The van der Waals surface area contributed by atoms with Gasteiger partial charge in [-0.3, -0.25) is 0 Å². The molecular formula is C9H16O3. The van der Waals surface area contributed by atoms with Crippen LogP contribution in [-0.4, -0.2) is 31.7 Å². The zero-order chi connectivity index (χ0) is 8.86. The zero-order valence-electron chi connectivity index (χ0n) is 7.54. The highest BCUT2D eigenvalue weighted by atomic mass is 16.5. The lowest BCUT2D eigenvalue weighted by molar-refractivity contribution is -0.151. The molecule has 1 fully saturated rings. The molecule has 0 spiro atoms. The highest BCUT2D eigenvalue weighted by Gasteiger charge is 2.33. The largest absolute Gasteiger partial charge is 0.378 e. The Labute approximate surface area is 73.0 Å². The molecule has 0 amide bonds. The first kappa shape index (κ1) is 9.68. The molecule has 1 unspecified atom stereocenters. The minimum absolute atomic E-state index is 0.427. The topological polar surface area (TPSA) is 35.5 Å². The van der Waals surface area contributed by atoms with Crippen LogP contribution < -0.4 is 0 Å². The van der Waals surface area contributed by atoms with Gasteiger partial charge in [-0.05, 0) is 19.3 Å². The third kappa shape index (κ3) is 2.29. The predicted octanol–water partition coefficient (Wildman–Crippen LogP) is 1.16. The van der Waals surface area contributed by atoms with E-state index in [0.717, 1.165) is 32.2 Å². The van der Waals surface area contributed by atoms with Crippen LogP contribution in [0.5, 0.6) is 0 Å². The number of carbonyl (C=O) groups excluding carboxylic acids is 1. The molecule has 0 aromatic heterocycles. The molecular weight excluding hydrogens is 156 g/mol. The van der Waals surface area contributed by atoms with E-state index in [0.29, 0.717) is 13.2 Å². The van der Waals surface area contributed by atoms with Gasteiger partial charge in [0.1, 0.15) is 5.60 Å². The van der Waals surface area contributed by atoms with Gasteiger partial charge in [0.05, 0.1) is 6.61 Å². The third-order valence-electron chi connectivity index (χ3n) is 2.04. The molecule has 0 aromatic carbocycles. The maximum absolute atomic E-state index is 10.8. The first-order chi connectivity index (χ1) is 5.83. The Morgan fingerprint density at radius 2 is 2.50 bits per heavy atom. The molecule has 0 saturated carbocycles. The maximum Gasteiger partial charge on any atom is 0.154 e. The normalized spacial score (nSPS) is 30.1. The summed E-state index contributed by atoms with van der Waals surface area (Å²) in [6, 6.07) is 0. The van der Waals surface area contributed by atoms with E-state index in [4.69, 9.17) is 9.47 Å². The average molecular weight is 172 g/mol. The first-order valence-corrected chi connectivity index (χ1v) is 4.51. The maximum atomic E-state index is 10.8. The Morgan fingerprint density at radius 3 is 3.00 bits per heavy atom. The van der Waals surface area contributed by atoms with Gasteiger partial charge in [0, 0.05) is 13.2 Å². The number of carbonyl (C=O) groups is 1. The Hall–Kier alpha value is -0.410. The number of aldehydes is 1. The van der Waals surface area contributed by atoms with Gasteiger partial charge >= 0.3 is 0 Å². The molecule has 70 valence electrons. The Balaban J connectivity index is 2.42. The van der Waals surface area contributed by atoms with Crippen LogP contribution in [-0.2, 0) is 14.3 Å². The van der Waals surface area contributed by atoms with Gasteiger partial charge in [-0.2, -0.15) is 0 Å². The van der Waals surface area contributed by atoms with Crippen molar-refractivity contribution >= 4 is 6.29 Å². The van der Waals surface area contributed by atoms with Crippen LogP contribution in [0.4, 0.5) is 0 Å². The van der Waals surface area contributed by atoms with Crippen molar-refractivity contribution < 1.29 is 14.3 Å². The molecule has 1 rings (SSSR count). The molecule has 3 nitrogen and oxygen atoms in total. The Bertz CT molecular complexity index is 139. The van der Waals surface area contributed by atoms with Crippen LogP contribution in [0.15, 0.2) is 0 Å². The summed E-state index contributed by atoms with van der Waals surface area (Å²) in [5, 5.41) is 0. The van der Waals surface area contributed by atoms with Gasteiger partial charge in [0.2, 0.25) is 0 Å². The van der Waals surface area contributed by atoms with E-state index in [9.17, 15) is 4.79 Å². The van der Waals surface area contributed by atoms with Gasteiger partial charge in [0.25, 0.3) is 0 Å². The monoisotopic (exact) mass is 172 g/mol. The van der Waals surface area contributed by atoms with Crippen molar-refractivity contribution in [1.29, 1.82) is 0 Å². The van der Waals surface area contributed by atoms with Gasteiger partial charge < -0.3 is 14.3 Å². The van der Waals surface area contributed by atoms with Crippen LogP contribution in [0.2, 0.25) is 0 Å². The van der Waals surface area contributed by atoms with Crippen molar-refractivity contribution in [3.05, 3.63) is 0 Å².